The number of esters is 1. The first-order valence-corrected chi connectivity index (χ1v) is 9.29. The lowest BCUT2D eigenvalue weighted by Gasteiger charge is -2.04. The number of aliphatic hydroxyl groups excluding tert-OH is 1. The maximum absolute atomic E-state index is 11.3. The largest absolute Gasteiger partial charge is 0.490 e. The van der Waals surface area contributed by atoms with Crippen LogP contribution in [0.2, 0.25) is 0 Å². The first-order chi connectivity index (χ1) is 20.6. The highest BCUT2D eigenvalue weighted by Crippen LogP contribution is 2.16. The maximum atomic E-state index is 11.3. The molecular formula is C17H23BF23O8. The van der Waals surface area contributed by atoms with Crippen LogP contribution in [0, 0.1) is 0 Å². The zero-order valence-electron chi connectivity index (χ0n) is 22.8. The summed E-state index contributed by atoms with van der Waals surface area (Å²) in [5.41, 5.74) is 0. The molecule has 0 saturated heterocycles. The van der Waals surface area contributed by atoms with Crippen molar-refractivity contribution in [3.05, 3.63) is 0 Å². The molecular weight excluding hydrogens is 780 g/mol. The Morgan fingerprint density at radius 2 is 0.735 bits per heavy atom. The van der Waals surface area contributed by atoms with Gasteiger partial charge in [-0.15, -0.1) is 17.6 Å². The van der Waals surface area contributed by atoms with Crippen molar-refractivity contribution in [2.24, 2.45) is 0 Å². The number of halogens is 23. The SMILES string of the molecule is C.CC(F)(F)F.CC(F)(F)F.FCF.FCF.O=C(F)C(F)(F)F.O=C(F)F.O=C(F)F.O=C(OCCOF)C(F)(F)F.OCCOF.[B]. The number of carbonyl (C=O) groups is 4. The van der Waals surface area contributed by atoms with Crippen molar-refractivity contribution in [2.45, 2.75) is 46.0 Å². The Balaban J connectivity index is -0.0000000380. The monoisotopic (exact) mass is 803 g/mol. The van der Waals surface area contributed by atoms with Crippen LogP contribution in [0.1, 0.15) is 21.3 Å². The Bertz CT molecular complexity index is 641. The van der Waals surface area contributed by atoms with Gasteiger partial charge in [-0.25, -0.2) is 31.9 Å². The second-order valence-corrected chi connectivity index (χ2v) is 4.97. The molecule has 0 aliphatic rings. The summed E-state index contributed by atoms with van der Waals surface area (Å²) >= 11 is 0. The highest BCUT2D eigenvalue weighted by atomic mass is 19.4. The van der Waals surface area contributed by atoms with Crippen molar-refractivity contribution < 1.29 is 140 Å². The summed E-state index contributed by atoms with van der Waals surface area (Å²) in [4.78, 5) is 40.5. The number of carbonyl (C=O) groups excluding carboxylic acids is 4. The van der Waals surface area contributed by atoms with Gasteiger partial charge in [-0.05, 0) is 9.05 Å². The van der Waals surface area contributed by atoms with E-state index in [0.29, 0.717) is 0 Å². The number of aliphatic hydroxyl groups is 1. The van der Waals surface area contributed by atoms with Crippen LogP contribution in [0.4, 0.5) is 111 Å². The van der Waals surface area contributed by atoms with Crippen LogP contribution in [0.25, 0.3) is 0 Å². The lowest BCUT2D eigenvalue weighted by molar-refractivity contribution is -0.206. The van der Waals surface area contributed by atoms with Crippen molar-refractivity contribution in [1.29, 1.82) is 0 Å². The molecule has 0 unspecified atom stereocenters. The van der Waals surface area contributed by atoms with Gasteiger partial charge in [0, 0.05) is 22.3 Å². The van der Waals surface area contributed by atoms with Gasteiger partial charge in [0.05, 0.1) is 6.61 Å². The fourth-order valence-electron chi connectivity index (χ4n) is 0.282. The summed E-state index contributed by atoms with van der Waals surface area (Å²) in [6, 6.07) is -3.26. The molecule has 0 bridgehead atoms. The van der Waals surface area contributed by atoms with Crippen molar-refractivity contribution in [3.8, 4) is 0 Å². The number of rotatable bonds is 5. The lowest BCUT2D eigenvalue weighted by Crippen LogP contribution is -2.26. The minimum atomic E-state index is -5.31. The van der Waals surface area contributed by atoms with E-state index in [-0.39, 0.29) is 42.9 Å². The van der Waals surface area contributed by atoms with E-state index in [4.69, 9.17) is 19.5 Å². The van der Waals surface area contributed by atoms with Crippen LogP contribution < -0.4 is 0 Å². The fourth-order valence-corrected chi connectivity index (χ4v) is 0.282. The van der Waals surface area contributed by atoms with Crippen LogP contribution in [0.15, 0.2) is 0 Å². The summed E-state index contributed by atoms with van der Waals surface area (Å²) < 4.78 is 240. The van der Waals surface area contributed by atoms with Gasteiger partial charge in [-0.2, -0.15) is 67.0 Å². The van der Waals surface area contributed by atoms with Gasteiger partial charge in [0.1, 0.15) is 19.8 Å². The van der Waals surface area contributed by atoms with Gasteiger partial charge in [-0.1, -0.05) is 7.43 Å². The van der Waals surface area contributed by atoms with Gasteiger partial charge in [-0.3, -0.25) is 4.79 Å². The first-order valence-electron chi connectivity index (χ1n) is 9.29. The molecule has 32 heteroatoms. The molecule has 3 radical (unpaired) electrons. The maximum Gasteiger partial charge on any atom is 0.490 e. The van der Waals surface area contributed by atoms with Gasteiger partial charge in [0.25, 0.3) is 0 Å². The third-order valence-electron chi connectivity index (χ3n) is 1.02. The molecule has 49 heavy (non-hydrogen) atoms. The van der Waals surface area contributed by atoms with Crippen LogP contribution in [-0.2, 0) is 24.2 Å². The molecule has 0 aromatic heterocycles. The number of hydrogen-bond donors (Lipinski definition) is 1. The topological polar surface area (TPSA) is 116 Å². The Morgan fingerprint density at radius 3 is 0.816 bits per heavy atom. The molecule has 8 nitrogen and oxygen atoms in total. The highest BCUT2D eigenvalue weighted by Gasteiger charge is 2.40. The highest BCUT2D eigenvalue weighted by molar-refractivity contribution is 5.76. The molecule has 0 fully saturated rings. The fraction of sp³-hybridized carbons (Fsp3) is 0.765. The predicted molar refractivity (Wildman–Crippen MR) is 116 cm³/mol. The lowest BCUT2D eigenvalue weighted by atomic mass is 10.6. The molecule has 0 saturated carbocycles. The van der Waals surface area contributed by atoms with Gasteiger partial charge >= 0.3 is 49.3 Å². The summed E-state index contributed by atoms with van der Waals surface area (Å²) in [6.45, 7) is -5.06. The van der Waals surface area contributed by atoms with E-state index in [1.807, 2.05) is 0 Å². The summed E-state index contributed by atoms with van der Waals surface area (Å²) in [5.74, 6) is -2.35. The predicted octanol–water partition coefficient (Wildman–Crippen LogP) is 9.17. The van der Waals surface area contributed by atoms with E-state index in [1.165, 1.54) is 0 Å². The summed E-state index contributed by atoms with van der Waals surface area (Å²) in [7, 11) is 0. The third kappa shape index (κ3) is 328. The van der Waals surface area contributed by atoms with Crippen molar-refractivity contribution in [2.75, 3.05) is 40.3 Å². The van der Waals surface area contributed by atoms with E-state index >= 15 is 0 Å². The van der Waals surface area contributed by atoms with E-state index in [2.05, 4.69) is 14.6 Å². The van der Waals surface area contributed by atoms with Crippen LogP contribution in [0.5, 0.6) is 0 Å². The quantitative estimate of drug-likeness (QED) is 0.0963. The first kappa shape index (κ1) is 75.9. The molecule has 0 amide bonds. The van der Waals surface area contributed by atoms with Gasteiger partial charge < -0.3 is 9.84 Å². The summed E-state index contributed by atoms with van der Waals surface area (Å²) in [6.07, 6.45) is -24.0. The number of hydrogen-bond acceptors (Lipinski definition) is 8. The molecule has 0 spiro atoms. The average Bonchev–Trinajstić information content (AvgIpc) is 2.77. The standard InChI is InChI=1S/C4H4F4O3.C2F4O.2C2H3F3.C2H5FO2.2CF2O.2CH2F2.CH4.B/c5-4(6,7)3(9)10-1-2-11-8;3-1(7)2(4,5)6;2*1-2(3,4)5;3-5-2-1-4;2*2-1(3)4;2*2-1-3;;/h1-2H2;;2*1H3;4H,1-2H2;;;2*1H2;1H4;. The third-order valence-corrected chi connectivity index (χ3v) is 1.02. The molecule has 0 heterocycles. The van der Waals surface area contributed by atoms with E-state index in [0.717, 1.165) is 0 Å². The molecule has 0 aromatic rings. The van der Waals surface area contributed by atoms with E-state index < -0.39 is 76.4 Å². The van der Waals surface area contributed by atoms with E-state index in [1.54, 1.807) is 0 Å². The number of alkyl halides is 16. The molecule has 0 atom stereocenters. The van der Waals surface area contributed by atoms with Gasteiger partial charge in [0.2, 0.25) is 13.9 Å². The normalized spacial score (nSPS) is 9.27. The molecule has 0 aliphatic heterocycles. The van der Waals surface area contributed by atoms with Crippen molar-refractivity contribution in [1.82, 2.24) is 0 Å². The van der Waals surface area contributed by atoms with Crippen LogP contribution in [0.3, 0.4) is 0 Å². The average molecular weight is 803 g/mol. The van der Waals surface area contributed by atoms with E-state index in [9.17, 15) is 106 Å². The van der Waals surface area contributed by atoms with Crippen LogP contribution in [-0.4, -0.2) is 103 Å². The Morgan fingerprint density at radius 1 is 0.551 bits per heavy atom. The Labute approximate surface area is 260 Å². The smallest absolute Gasteiger partial charge is 0.456 e. The number of ether oxygens (including phenoxy) is 1. The second kappa shape index (κ2) is 49.2. The Kier molecular flexibility index (Phi) is 76.2. The van der Waals surface area contributed by atoms with Gasteiger partial charge in [0.15, 0.2) is 0 Å². The molecule has 1 N–H and O–H groups in total. The molecule has 0 aromatic carbocycles. The minimum absolute atomic E-state index is 0. The van der Waals surface area contributed by atoms with Crippen molar-refractivity contribution in [3.63, 3.8) is 0 Å². The molecule has 0 aliphatic carbocycles. The zero-order chi connectivity index (χ0) is 40.7. The minimum Gasteiger partial charge on any atom is -0.456 e. The molecule has 0 rings (SSSR count). The zero-order valence-corrected chi connectivity index (χ0v) is 22.8. The molecule has 303 valence electrons. The van der Waals surface area contributed by atoms with Crippen molar-refractivity contribution >= 4 is 33.0 Å². The Hall–Kier alpha value is -3.19. The summed E-state index contributed by atoms with van der Waals surface area (Å²) in [5, 5.41) is 7.70. The second-order valence-electron chi connectivity index (χ2n) is 4.97. The van der Waals surface area contributed by atoms with Crippen LogP contribution >= 0.6 is 0 Å².